The number of aromatic carboxylic acids is 1. The molecule has 0 aromatic heterocycles. The average Bonchev–Trinajstić information content (AvgIpc) is 2.28. The number of benzene rings is 1. The summed E-state index contributed by atoms with van der Waals surface area (Å²) >= 11 is 3.24. The molecule has 2 N–H and O–H groups in total. The Morgan fingerprint density at radius 2 is 2.24 bits per heavy atom. The number of carboxylic acid groups (broad SMARTS) is 1. The number of hydrogen-bond donors (Lipinski definition) is 2. The van der Waals surface area contributed by atoms with E-state index in [2.05, 4.69) is 21.2 Å². The van der Waals surface area contributed by atoms with Crippen molar-refractivity contribution in [2.45, 2.75) is 0 Å². The lowest BCUT2D eigenvalue weighted by Crippen LogP contribution is -2.48. The summed E-state index contributed by atoms with van der Waals surface area (Å²) in [5.74, 6) is -1.08. The predicted molar refractivity (Wildman–Crippen MR) is 66.3 cm³/mol. The molecule has 0 aliphatic carbocycles. The van der Waals surface area contributed by atoms with Crippen molar-refractivity contribution in [2.24, 2.45) is 0 Å². The van der Waals surface area contributed by atoms with Crippen LogP contribution >= 0.6 is 15.9 Å². The van der Waals surface area contributed by atoms with Crippen molar-refractivity contribution in [2.75, 3.05) is 24.5 Å². The maximum atomic E-state index is 11.3. The van der Waals surface area contributed by atoms with Gasteiger partial charge in [0.2, 0.25) is 5.91 Å². The summed E-state index contributed by atoms with van der Waals surface area (Å²) < 4.78 is 0.708. The van der Waals surface area contributed by atoms with E-state index in [4.69, 9.17) is 5.11 Å². The Morgan fingerprint density at radius 1 is 1.47 bits per heavy atom. The lowest BCUT2D eigenvalue weighted by atomic mass is 10.1. The molecule has 6 heteroatoms. The normalized spacial score (nSPS) is 15.6. The van der Waals surface area contributed by atoms with Crippen LogP contribution in [-0.2, 0) is 4.79 Å². The highest BCUT2D eigenvalue weighted by Gasteiger charge is 2.21. The lowest BCUT2D eigenvalue weighted by Gasteiger charge is -2.29. The maximum absolute atomic E-state index is 11.3. The number of carbonyl (C=O) groups is 2. The number of carbonyl (C=O) groups excluding carboxylic acids is 1. The third-order valence-corrected chi connectivity index (χ3v) is 3.06. The van der Waals surface area contributed by atoms with E-state index < -0.39 is 5.97 Å². The first-order valence-corrected chi connectivity index (χ1v) is 5.92. The number of anilines is 1. The van der Waals surface area contributed by atoms with Gasteiger partial charge in [-0.3, -0.25) is 4.79 Å². The van der Waals surface area contributed by atoms with Crippen molar-refractivity contribution in [3.05, 3.63) is 28.2 Å². The van der Waals surface area contributed by atoms with Crippen LogP contribution < -0.4 is 10.2 Å². The monoisotopic (exact) mass is 298 g/mol. The molecule has 5 nitrogen and oxygen atoms in total. The minimum Gasteiger partial charge on any atom is -0.478 e. The molecule has 0 saturated carbocycles. The highest BCUT2D eigenvalue weighted by Crippen LogP contribution is 2.25. The summed E-state index contributed by atoms with van der Waals surface area (Å²) in [6.45, 7) is 1.35. The second-order valence-electron chi connectivity index (χ2n) is 3.74. The average molecular weight is 299 g/mol. The summed E-state index contributed by atoms with van der Waals surface area (Å²) in [5.41, 5.74) is 0.782. The minimum absolute atomic E-state index is 0.0875. The third-order valence-electron chi connectivity index (χ3n) is 2.57. The number of hydrogen-bond acceptors (Lipinski definition) is 3. The summed E-state index contributed by atoms with van der Waals surface area (Å²) in [5, 5.41) is 11.8. The van der Waals surface area contributed by atoms with E-state index in [1.807, 2.05) is 0 Å². The van der Waals surface area contributed by atoms with Crippen molar-refractivity contribution in [1.29, 1.82) is 0 Å². The van der Waals surface area contributed by atoms with Crippen molar-refractivity contribution in [1.82, 2.24) is 5.32 Å². The van der Waals surface area contributed by atoms with Crippen molar-refractivity contribution in [3.63, 3.8) is 0 Å². The first kappa shape index (κ1) is 11.9. The molecule has 2 rings (SSSR count). The van der Waals surface area contributed by atoms with Crippen LogP contribution in [0.15, 0.2) is 22.7 Å². The second kappa shape index (κ2) is 4.75. The van der Waals surface area contributed by atoms with Gasteiger partial charge in [0.25, 0.3) is 0 Å². The van der Waals surface area contributed by atoms with Crippen LogP contribution in [0.3, 0.4) is 0 Å². The number of halogens is 1. The molecule has 0 atom stereocenters. The molecule has 17 heavy (non-hydrogen) atoms. The highest BCUT2D eigenvalue weighted by atomic mass is 79.9. The van der Waals surface area contributed by atoms with Gasteiger partial charge in [-0.15, -0.1) is 0 Å². The molecule has 1 heterocycles. The standard InChI is InChI=1S/C11H11BrN2O3/c12-7-1-2-9(8(5-7)11(16)17)14-4-3-13-10(15)6-14/h1-2,5H,3-4,6H2,(H,13,15)(H,16,17). The lowest BCUT2D eigenvalue weighted by molar-refractivity contribution is -0.120. The molecule has 1 saturated heterocycles. The van der Waals surface area contributed by atoms with Crippen LogP contribution in [0.25, 0.3) is 0 Å². The van der Waals surface area contributed by atoms with E-state index in [1.165, 1.54) is 0 Å². The first-order valence-electron chi connectivity index (χ1n) is 5.12. The fourth-order valence-corrected chi connectivity index (χ4v) is 2.16. The number of nitrogens with one attached hydrogen (secondary N) is 1. The van der Waals surface area contributed by atoms with Gasteiger partial charge in [0, 0.05) is 17.6 Å². The SMILES string of the molecule is O=C1CN(c2ccc(Br)cc2C(=O)O)CCN1. The zero-order valence-electron chi connectivity index (χ0n) is 8.94. The molecule has 0 radical (unpaired) electrons. The fourth-order valence-electron chi connectivity index (χ4n) is 1.80. The van der Waals surface area contributed by atoms with Crippen molar-refractivity contribution in [3.8, 4) is 0 Å². The van der Waals surface area contributed by atoms with Gasteiger partial charge >= 0.3 is 5.97 Å². The Bertz CT molecular complexity index is 476. The predicted octanol–water partition coefficient (Wildman–Crippen LogP) is 1.08. The molecule has 1 aliphatic rings. The van der Waals surface area contributed by atoms with Crippen molar-refractivity contribution >= 4 is 33.5 Å². The van der Waals surface area contributed by atoms with E-state index in [0.717, 1.165) is 0 Å². The van der Waals surface area contributed by atoms with Crippen LogP contribution in [0, 0.1) is 0 Å². The van der Waals surface area contributed by atoms with Gasteiger partial charge in [0.05, 0.1) is 17.8 Å². The zero-order chi connectivity index (χ0) is 12.4. The Kier molecular flexibility index (Phi) is 3.33. The maximum Gasteiger partial charge on any atom is 0.337 e. The Morgan fingerprint density at radius 3 is 2.88 bits per heavy atom. The summed E-state index contributed by atoms with van der Waals surface area (Å²) in [4.78, 5) is 24.2. The van der Waals surface area contributed by atoms with E-state index in [1.54, 1.807) is 23.1 Å². The number of nitrogens with zero attached hydrogens (tertiary/aromatic N) is 1. The number of piperazine rings is 1. The second-order valence-corrected chi connectivity index (χ2v) is 4.65. The summed E-state index contributed by atoms with van der Waals surface area (Å²) in [6, 6.07) is 5.03. The molecule has 1 aromatic carbocycles. The highest BCUT2D eigenvalue weighted by molar-refractivity contribution is 9.10. The molecule has 1 amide bonds. The molecule has 1 fully saturated rings. The van der Waals surface area contributed by atoms with Gasteiger partial charge in [0.15, 0.2) is 0 Å². The Hall–Kier alpha value is -1.56. The van der Waals surface area contributed by atoms with Gasteiger partial charge in [-0.05, 0) is 18.2 Å². The first-order chi connectivity index (χ1) is 8.08. The quantitative estimate of drug-likeness (QED) is 0.857. The zero-order valence-corrected chi connectivity index (χ0v) is 10.5. The number of rotatable bonds is 2. The van der Waals surface area contributed by atoms with Gasteiger partial charge in [-0.1, -0.05) is 15.9 Å². The molecular formula is C11H11BrN2O3. The van der Waals surface area contributed by atoms with E-state index in [-0.39, 0.29) is 18.0 Å². The van der Waals surface area contributed by atoms with Gasteiger partial charge in [-0.25, -0.2) is 4.79 Å². The summed E-state index contributed by atoms with van der Waals surface area (Å²) in [7, 11) is 0. The van der Waals surface area contributed by atoms with E-state index in [9.17, 15) is 9.59 Å². The van der Waals surface area contributed by atoms with Crippen LogP contribution in [0.4, 0.5) is 5.69 Å². The molecule has 0 unspecified atom stereocenters. The van der Waals surface area contributed by atoms with E-state index in [0.29, 0.717) is 23.2 Å². The Labute approximate surface area is 107 Å². The smallest absolute Gasteiger partial charge is 0.337 e. The van der Waals surface area contributed by atoms with Crippen LogP contribution in [0.1, 0.15) is 10.4 Å². The van der Waals surface area contributed by atoms with Crippen LogP contribution in [0.5, 0.6) is 0 Å². The van der Waals surface area contributed by atoms with Gasteiger partial charge < -0.3 is 15.3 Å². The number of amides is 1. The largest absolute Gasteiger partial charge is 0.478 e. The third kappa shape index (κ3) is 2.58. The fraction of sp³-hybridized carbons (Fsp3) is 0.273. The molecule has 0 spiro atoms. The summed E-state index contributed by atoms with van der Waals surface area (Å²) in [6.07, 6.45) is 0. The molecular weight excluding hydrogens is 288 g/mol. The minimum atomic E-state index is -0.993. The van der Waals surface area contributed by atoms with E-state index >= 15 is 0 Å². The topological polar surface area (TPSA) is 69.6 Å². The van der Waals surface area contributed by atoms with Crippen LogP contribution in [-0.4, -0.2) is 36.6 Å². The van der Waals surface area contributed by atoms with Gasteiger partial charge in [-0.2, -0.15) is 0 Å². The molecule has 1 aromatic rings. The van der Waals surface area contributed by atoms with Gasteiger partial charge in [0.1, 0.15) is 0 Å². The Balaban J connectivity index is 2.37. The van der Waals surface area contributed by atoms with Crippen molar-refractivity contribution < 1.29 is 14.7 Å². The molecule has 1 aliphatic heterocycles. The molecule has 0 bridgehead atoms. The number of carboxylic acids is 1. The van der Waals surface area contributed by atoms with Crippen LogP contribution in [0.2, 0.25) is 0 Å². The molecule has 90 valence electrons.